The van der Waals surface area contributed by atoms with E-state index in [0.717, 1.165) is 38.4 Å². The molecule has 134 valence electrons. The molecule has 0 aromatic heterocycles. The predicted octanol–water partition coefficient (Wildman–Crippen LogP) is 2.59. The number of aliphatic hydroxyl groups is 1. The number of hydrogen-bond donors (Lipinski definition) is 2. The Kier molecular flexibility index (Phi) is 8.17. The van der Waals surface area contributed by atoms with Gasteiger partial charge in [0.1, 0.15) is 0 Å². The average molecular weight is 325 g/mol. The third-order valence-corrected chi connectivity index (χ3v) is 5.31. The van der Waals surface area contributed by atoms with Gasteiger partial charge in [-0.3, -0.25) is 4.90 Å². The maximum absolute atomic E-state index is 12.5. The highest BCUT2D eigenvalue weighted by Gasteiger charge is 2.28. The Balaban J connectivity index is 1.81. The molecule has 1 aliphatic heterocycles. The van der Waals surface area contributed by atoms with E-state index in [0.29, 0.717) is 6.54 Å². The van der Waals surface area contributed by atoms with Crippen LogP contribution in [0.4, 0.5) is 4.79 Å². The maximum Gasteiger partial charge on any atom is 0.317 e. The minimum atomic E-state index is 0.00277. The van der Waals surface area contributed by atoms with E-state index >= 15 is 0 Å². The van der Waals surface area contributed by atoms with Gasteiger partial charge < -0.3 is 15.3 Å². The zero-order valence-corrected chi connectivity index (χ0v) is 14.8. The second kappa shape index (κ2) is 10.1. The molecule has 2 amide bonds. The Morgan fingerprint density at radius 2 is 1.96 bits per heavy atom. The van der Waals surface area contributed by atoms with Crippen molar-refractivity contribution in [3.8, 4) is 0 Å². The van der Waals surface area contributed by atoms with Crippen molar-refractivity contribution >= 4 is 6.03 Å². The quantitative estimate of drug-likeness (QED) is 0.756. The second-order valence-electron chi connectivity index (χ2n) is 7.14. The van der Waals surface area contributed by atoms with E-state index in [2.05, 4.69) is 17.1 Å². The zero-order chi connectivity index (χ0) is 16.5. The van der Waals surface area contributed by atoms with Gasteiger partial charge in [-0.15, -0.1) is 0 Å². The molecule has 2 N–H and O–H groups in total. The van der Waals surface area contributed by atoms with E-state index in [9.17, 15) is 9.90 Å². The van der Waals surface area contributed by atoms with Crippen LogP contribution in [0, 0.1) is 0 Å². The Labute approximate surface area is 141 Å². The number of unbranched alkanes of at least 4 members (excludes halogenated alkanes) is 1. The number of urea groups is 1. The summed E-state index contributed by atoms with van der Waals surface area (Å²) in [7, 11) is 0. The van der Waals surface area contributed by atoms with Gasteiger partial charge in [-0.2, -0.15) is 0 Å². The summed E-state index contributed by atoms with van der Waals surface area (Å²) in [4.78, 5) is 16.8. The van der Waals surface area contributed by atoms with E-state index in [1.165, 1.54) is 45.1 Å². The SMILES string of the molecule is CCCCN(CCO)C(=O)NC1CCCN(C2CCCCC2)C1. The Bertz CT molecular complexity index is 345. The van der Waals surface area contributed by atoms with Gasteiger partial charge in [0.25, 0.3) is 0 Å². The molecule has 1 saturated carbocycles. The van der Waals surface area contributed by atoms with E-state index in [4.69, 9.17) is 0 Å². The minimum Gasteiger partial charge on any atom is -0.395 e. The number of carbonyl (C=O) groups excluding carboxylic acids is 1. The first-order valence-corrected chi connectivity index (χ1v) is 9.65. The predicted molar refractivity (Wildman–Crippen MR) is 93.6 cm³/mol. The van der Waals surface area contributed by atoms with Gasteiger partial charge in [0.05, 0.1) is 6.61 Å². The fraction of sp³-hybridized carbons (Fsp3) is 0.944. The van der Waals surface area contributed by atoms with Gasteiger partial charge in [-0.25, -0.2) is 4.79 Å². The van der Waals surface area contributed by atoms with Gasteiger partial charge in [0.2, 0.25) is 0 Å². The summed E-state index contributed by atoms with van der Waals surface area (Å²) in [6.45, 7) is 5.52. The summed E-state index contributed by atoms with van der Waals surface area (Å²) in [6.07, 6.45) is 11.1. The molecule has 5 nitrogen and oxygen atoms in total. The van der Waals surface area contributed by atoms with Crippen molar-refractivity contribution in [1.82, 2.24) is 15.1 Å². The molecule has 0 radical (unpaired) electrons. The number of piperidine rings is 1. The lowest BCUT2D eigenvalue weighted by Crippen LogP contribution is -2.54. The van der Waals surface area contributed by atoms with Gasteiger partial charge >= 0.3 is 6.03 Å². The molecule has 1 aliphatic carbocycles. The number of nitrogens with zero attached hydrogens (tertiary/aromatic N) is 2. The van der Waals surface area contributed by atoms with Crippen LogP contribution in [0.2, 0.25) is 0 Å². The normalized spacial score (nSPS) is 23.7. The summed E-state index contributed by atoms with van der Waals surface area (Å²) in [5, 5.41) is 12.4. The summed E-state index contributed by atoms with van der Waals surface area (Å²) in [5.74, 6) is 0. The van der Waals surface area contributed by atoms with Crippen LogP contribution in [0.3, 0.4) is 0 Å². The zero-order valence-electron chi connectivity index (χ0n) is 14.8. The van der Waals surface area contributed by atoms with Gasteiger partial charge in [0.15, 0.2) is 0 Å². The molecule has 2 rings (SSSR count). The lowest BCUT2D eigenvalue weighted by Gasteiger charge is -2.40. The van der Waals surface area contributed by atoms with Crippen LogP contribution in [0.15, 0.2) is 0 Å². The fourth-order valence-corrected chi connectivity index (χ4v) is 3.95. The molecule has 0 bridgehead atoms. The molecule has 1 unspecified atom stereocenters. The highest BCUT2D eigenvalue weighted by atomic mass is 16.3. The molecule has 1 atom stereocenters. The van der Waals surface area contributed by atoms with Gasteiger partial charge in [0, 0.05) is 31.7 Å². The first-order chi connectivity index (χ1) is 11.2. The molecule has 2 fully saturated rings. The number of rotatable bonds is 7. The molecule has 0 spiro atoms. The summed E-state index contributed by atoms with van der Waals surface area (Å²) in [5.41, 5.74) is 0. The van der Waals surface area contributed by atoms with Crippen LogP contribution < -0.4 is 5.32 Å². The number of likely N-dealkylation sites (tertiary alicyclic amines) is 1. The van der Waals surface area contributed by atoms with E-state index < -0.39 is 0 Å². The van der Waals surface area contributed by atoms with Crippen LogP contribution in [0.25, 0.3) is 0 Å². The second-order valence-corrected chi connectivity index (χ2v) is 7.14. The largest absolute Gasteiger partial charge is 0.395 e. The van der Waals surface area contributed by atoms with Crippen LogP contribution >= 0.6 is 0 Å². The number of aliphatic hydroxyl groups excluding tert-OH is 1. The van der Waals surface area contributed by atoms with Crippen molar-refractivity contribution in [2.24, 2.45) is 0 Å². The Morgan fingerprint density at radius 1 is 1.17 bits per heavy atom. The first kappa shape index (κ1) is 18.5. The molecule has 1 heterocycles. The lowest BCUT2D eigenvalue weighted by molar-refractivity contribution is 0.107. The summed E-state index contributed by atoms with van der Waals surface area (Å²) in [6, 6.07) is 1.00. The Hall–Kier alpha value is -0.810. The van der Waals surface area contributed by atoms with Crippen LogP contribution in [0.5, 0.6) is 0 Å². The average Bonchev–Trinajstić information content (AvgIpc) is 2.59. The van der Waals surface area contributed by atoms with Gasteiger partial charge in [-0.05, 0) is 38.6 Å². The van der Waals surface area contributed by atoms with Crippen molar-refractivity contribution < 1.29 is 9.90 Å². The molecule has 2 aliphatic rings. The highest BCUT2D eigenvalue weighted by Crippen LogP contribution is 2.25. The van der Waals surface area contributed by atoms with Crippen LogP contribution in [-0.2, 0) is 0 Å². The highest BCUT2D eigenvalue weighted by molar-refractivity contribution is 5.74. The van der Waals surface area contributed by atoms with Crippen molar-refractivity contribution in [2.75, 3.05) is 32.8 Å². The summed E-state index contributed by atoms with van der Waals surface area (Å²) < 4.78 is 0. The van der Waals surface area contributed by atoms with Crippen LogP contribution in [0.1, 0.15) is 64.7 Å². The molecule has 0 aromatic carbocycles. The molecular weight excluding hydrogens is 290 g/mol. The standard InChI is InChI=1S/C18H35N3O2/c1-2-3-11-20(13-14-22)18(23)19-16-8-7-12-21(15-16)17-9-5-4-6-10-17/h16-17,22H,2-15H2,1H3,(H,19,23). The smallest absolute Gasteiger partial charge is 0.317 e. The number of amides is 2. The van der Waals surface area contributed by atoms with Crippen LogP contribution in [-0.4, -0.2) is 65.8 Å². The molecule has 23 heavy (non-hydrogen) atoms. The molecular formula is C18H35N3O2. The Morgan fingerprint density at radius 3 is 2.65 bits per heavy atom. The van der Waals surface area contributed by atoms with E-state index in [-0.39, 0.29) is 18.7 Å². The number of carbonyl (C=O) groups is 1. The fourth-order valence-electron chi connectivity index (χ4n) is 3.95. The topological polar surface area (TPSA) is 55.8 Å². The number of hydrogen-bond acceptors (Lipinski definition) is 3. The van der Waals surface area contributed by atoms with E-state index in [1.807, 2.05) is 0 Å². The monoisotopic (exact) mass is 325 g/mol. The van der Waals surface area contributed by atoms with Gasteiger partial charge in [-0.1, -0.05) is 32.6 Å². The third kappa shape index (κ3) is 5.96. The maximum atomic E-state index is 12.5. The first-order valence-electron chi connectivity index (χ1n) is 9.65. The van der Waals surface area contributed by atoms with Crippen molar-refractivity contribution in [3.63, 3.8) is 0 Å². The van der Waals surface area contributed by atoms with E-state index in [1.54, 1.807) is 4.90 Å². The van der Waals surface area contributed by atoms with Crippen molar-refractivity contribution in [3.05, 3.63) is 0 Å². The lowest BCUT2D eigenvalue weighted by atomic mass is 9.92. The summed E-state index contributed by atoms with van der Waals surface area (Å²) >= 11 is 0. The molecule has 0 aromatic rings. The third-order valence-electron chi connectivity index (χ3n) is 5.31. The van der Waals surface area contributed by atoms with Crippen molar-refractivity contribution in [2.45, 2.75) is 76.8 Å². The molecule has 5 heteroatoms. The molecule has 1 saturated heterocycles. The minimum absolute atomic E-state index is 0.00277. The number of nitrogens with one attached hydrogen (secondary N) is 1. The van der Waals surface area contributed by atoms with Crippen molar-refractivity contribution in [1.29, 1.82) is 0 Å².